The van der Waals surface area contributed by atoms with E-state index in [4.69, 9.17) is 13.9 Å². The van der Waals surface area contributed by atoms with E-state index < -0.39 is 0 Å². The third-order valence-corrected chi connectivity index (χ3v) is 3.40. The van der Waals surface area contributed by atoms with E-state index in [9.17, 15) is 4.79 Å². The SMILES string of the molecule is COc1cc2oc(=O)c3c(c2cc1OC)C=CCC3. The molecule has 1 heterocycles. The lowest BCUT2D eigenvalue weighted by atomic mass is 9.96. The monoisotopic (exact) mass is 258 g/mol. The molecule has 0 atom stereocenters. The van der Waals surface area contributed by atoms with Gasteiger partial charge in [-0.15, -0.1) is 0 Å². The molecule has 0 amide bonds. The highest BCUT2D eigenvalue weighted by molar-refractivity contribution is 5.90. The molecular formula is C15H14O4. The maximum absolute atomic E-state index is 12.0. The van der Waals surface area contributed by atoms with Crippen LogP contribution in [0.1, 0.15) is 17.5 Å². The highest BCUT2D eigenvalue weighted by atomic mass is 16.5. The summed E-state index contributed by atoms with van der Waals surface area (Å²) in [5, 5.41) is 0.878. The molecule has 1 aromatic heterocycles. The van der Waals surface area contributed by atoms with Crippen molar-refractivity contribution in [1.29, 1.82) is 0 Å². The van der Waals surface area contributed by atoms with Gasteiger partial charge in [-0.25, -0.2) is 4.79 Å². The first-order valence-corrected chi connectivity index (χ1v) is 6.13. The molecule has 0 spiro atoms. The van der Waals surface area contributed by atoms with Gasteiger partial charge in [0.05, 0.1) is 14.2 Å². The third kappa shape index (κ3) is 1.80. The van der Waals surface area contributed by atoms with Crippen LogP contribution in [0.15, 0.2) is 27.4 Å². The molecule has 0 bridgehead atoms. The van der Waals surface area contributed by atoms with Gasteiger partial charge in [-0.2, -0.15) is 0 Å². The second kappa shape index (κ2) is 4.46. The van der Waals surface area contributed by atoms with Crippen LogP contribution in [-0.2, 0) is 6.42 Å². The van der Waals surface area contributed by atoms with E-state index in [2.05, 4.69) is 6.08 Å². The van der Waals surface area contributed by atoms with E-state index in [0.717, 1.165) is 29.4 Å². The fourth-order valence-electron chi connectivity index (χ4n) is 2.45. The van der Waals surface area contributed by atoms with Crippen LogP contribution in [-0.4, -0.2) is 14.2 Å². The second-order valence-corrected chi connectivity index (χ2v) is 4.43. The maximum atomic E-state index is 12.0. The van der Waals surface area contributed by atoms with Gasteiger partial charge in [-0.3, -0.25) is 0 Å². The Morgan fingerprint density at radius 3 is 2.63 bits per heavy atom. The van der Waals surface area contributed by atoms with E-state index in [1.807, 2.05) is 12.1 Å². The van der Waals surface area contributed by atoms with Crippen LogP contribution in [0.4, 0.5) is 0 Å². The fraction of sp³-hybridized carbons (Fsp3) is 0.267. The lowest BCUT2D eigenvalue weighted by molar-refractivity contribution is 0.355. The number of methoxy groups -OCH3 is 2. The Labute approximate surface area is 110 Å². The lowest BCUT2D eigenvalue weighted by Crippen LogP contribution is -2.12. The van der Waals surface area contributed by atoms with Crippen molar-refractivity contribution in [3.05, 3.63) is 39.8 Å². The molecule has 0 radical (unpaired) electrons. The van der Waals surface area contributed by atoms with Crippen molar-refractivity contribution in [1.82, 2.24) is 0 Å². The van der Waals surface area contributed by atoms with Crippen LogP contribution in [0.5, 0.6) is 11.5 Å². The number of rotatable bonds is 2. The van der Waals surface area contributed by atoms with E-state index in [-0.39, 0.29) is 5.63 Å². The van der Waals surface area contributed by atoms with Crippen molar-refractivity contribution in [2.24, 2.45) is 0 Å². The summed E-state index contributed by atoms with van der Waals surface area (Å²) in [7, 11) is 3.14. The summed E-state index contributed by atoms with van der Waals surface area (Å²) in [6.07, 6.45) is 5.64. The number of hydrogen-bond donors (Lipinski definition) is 0. The lowest BCUT2D eigenvalue weighted by Gasteiger charge is -2.13. The average molecular weight is 258 g/mol. The molecule has 1 aliphatic carbocycles. The van der Waals surface area contributed by atoms with E-state index in [1.165, 1.54) is 0 Å². The van der Waals surface area contributed by atoms with Gasteiger partial charge in [-0.05, 0) is 24.5 Å². The van der Waals surface area contributed by atoms with Crippen LogP contribution < -0.4 is 15.1 Å². The Hall–Kier alpha value is -2.23. The summed E-state index contributed by atoms with van der Waals surface area (Å²) < 4.78 is 15.9. The Kier molecular flexibility index (Phi) is 2.78. The molecular weight excluding hydrogens is 244 g/mol. The van der Waals surface area contributed by atoms with Crippen LogP contribution in [0.3, 0.4) is 0 Å². The predicted molar refractivity (Wildman–Crippen MR) is 72.9 cm³/mol. The van der Waals surface area contributed by atoms with Crippen molar-refractivity contribution in [3.8, 4) is 11.5 Å². The van der Waals surface area contributed by atoms with Gasteiger partial charge < -0.3 is 13.9 Å². The predicted octanol–water partition coefficient (Wildman–Crippen LogP) is 2.77. The van der Waals surface area contributed by atoms with E-state index >= 15 is 0 Å². The highest BCUT2D eigenvalue weighted by Crippen LogP contribution is 2.35. The smallest absolute Gasteiger partial charge is 0.340 e. The topological polar surface area (TPSA) is 48.7 Å². The van der Waals surface area contributed by atoms with Crippen LogP contribution in [0, 0.1) is 0 Å². The van der Waals surface area contributed by atoms with Crippen molar-refractivity contribution in [2.75, 3.05) is 14.2 Å². The number of allylic oxidation sites excluding steroid dienone is 1. The van der Waals surface area contributed by atoms with Gasteiger partial charge in [0.15, 0.2) is 11.5 Å². The normalized spacial score (nSPS) is 13.4. The minimum Gasteiger partial charge on any atom is -0.493 e. The molecule has 0 unspecified atom stereocenters. The molecule has 0 N–H and O–H groups in total. The summed E-state index contributed by atoms with van der Waals surface area (Å²) in [5.74, 6) is 1.18. The van der Waals surface area contributed by atoms with Crippen LogP contribution >= 0.6 is 0 Å². The highest BCUT2D eigenvalue weighted by Gasteiger charge is 2.17. The molecule has 2 aromatic rings. The molecule has 0 saturated heterocycles. The van der Waals surface area contributed by atoms with Gasteiger partial charge in [0.1, 0.15) is 5.58 Å². The van der Waals surface area contributed by atoms with Gasteiger partial charge in [0, 0.05) is 17.0 Å². The molecule has 0 saturated carbocycles. The largest absolute Gasteiger partial charge is 0.493 e. The van der Waals surface area contributed by atoms with Crippen molar-refractivity contribution in [2.45, 2.75) is 12.8 Å². The molecule has 98 valence electrons. The molecule has 0 aliphatic heterocycles. The fourth-order valence-corrected chi connectivity index (χ4v) is 2.45. The van der Waals surface area contributed by atoms with Gasteiger partial charge in [0.25, 0.3) is 0 Å². The Morgan fingerprint density at radius 2 is 1.89 bits per heavy atom. The minimum atomic E-state index is -0.265. The standard InChI is InChI=1S/C15H14O4/c1-17-13-7-11-9-5-3-4-6-10(9)15(16)19-12(11)8-14(13)18-2/h3,5,7-8H,4,6H2,1-2H3. The molecule has 3 rings (SSSR count). The zero-order valence-electron chi connectivity index (χ0n) is 10.9. The van der Waals surface area contributed by atoms with E-state index in [0.29, 0.717) is 17.1 Å². The number of ether oxygens (including phenoxy) is 2. The second-order valence-electron chi connectivity index (χ2n) is 4.43. The van der Waals surface area contributed by atoms with Crippen LogP contribution in [0.2, 0.25) is 0 Å². The summed E-state index contributed by atoms with van der Waals surface area (Å²) >= 11 is 0. The maximum Gasteiger partial charge on any atom is 0.340 e. The quantitative estimate of drug-likeness (QED) is 0.777. The first kappa shape index (κ1) is 11.8. The van der Waals surface area contributed by atoms with Crippen molar-refractivity contribution < 1.29 is 13.9 Å². The summed E-state index contributed by atoms with van der Waals surface area (Å²) in [6, 6.07) is 3.55. The van der Waals surface area contributed by atoms with Gasteiger partial charge >= 0.3 is 5.63 Å². The van der Waals surface area contributed by atoms with Gasteiger partial charge in [-0.1, -0.05) is 12.2 Å². The first-order valence-electron chi connectivity index (χ1n) is 6.13. The molecule has 1 aromatic carbocycles. The number of fused-ring (bicyclic) bond motifs is 3. The molecule has 19 heavy (non-hydrogen) atoms. The number of benzene rings is 1. The molecule has 4 nitrogen and oxygen atoms in total. The zero-order chi connectivity index (χ0) is 13.4. The van der Waals surface area contributed by atoms with Crippen molar-refractivity contribution in [3.63, 3.8) is 0 Å². The minimum absolute atomic E-state index is 0.265. The van der Waals surface area contributed by atoms with Gasteiger partial charge in [0.2, 0.25) is 0 Å². The average Bonchev–Trinajstić information content (AvgIpc) is 2.46. The Balaban J connectivity index is 2.40. The van der Waals surface area contributed by atoms with Crippen LogP contribution in [0.25, 0.3) is 17.0 Å². The first-order chi connectivity index (χ1) is 9.24. The third-order valence-electron chi connectivity index (χ3n) is 3.40. The summed E-state index contributed by atoms with van der Waals surface area (Å²) in [6.45, 7) is 0. The summed E-state index contributed by atoms with van der Waals surface area (Å²) in [4.78, 5) is 12.0. The number of hydrogen-bond acceptors (Lipinski definition) is 4. The summed E-state index contributed by atoms with van der Waals surface area (Å²) in [5.41, 5.74) is 1.92. The zero-order valence-corrected chi connectivity index (χ0v) is 10.9. The molecule has 1 aliphatic rings. The van der Waals surface area contributed by atoms with E-state index in [1.54, 1.807) is 20.3 Å². The molecule has 4 heteroatoms. The Bertz CT molecular complexity index is 725. The van der Waals surface area contributed by atoms with Crippen molar-refractivity contribution >= 4 is 17.0 Å². The molecule has 0 fully saturated rings. The Morgan fingerprint density at radius 1 is 1.16 bits per heavy atom.